The van der Waals surface area contributed by atoms with E-state index >= 15 is 0 Å². The van der Waals surface area contributed by atoms with Crippen LogP contribution in [0.25, 0.3) is 0 Å². The number of halogens is 4. The molecule has 2 rings (SSSR count). The molecule has 1 N–H and O–H groups in total. The van der Waals surface area contributed by atoms with E-state index in [1.54, 1.807) is 13.8 Å². The Morgan fingerprint density at radius 1 is 1.19 bits per heavy atom. The highest BCUT2D eigenvalue weighted by molar-refractivity contribution is 7.91. The van der Waals surface area contributed by atoms with E-state index in [1.165, 1.54) is 6.07 Å². The number of sulfone groups is 1. The van der Waals surface area contributed by atoms with Crippen molar-refractivity contribution in [3.63, 3.8) is 0 Å². The van der Waals surface area contributed by atoms with E-state index in [4.69, 9.17) is 10.00 Å². The first kappa shape index (κ1) is 25.3. The Labute approximate surface area is 182 Å². The first-order valence-electron chi connectivity index (χ1n) is 9.23. The van der Waals surface area contributed by atoms with E-state index in [2.05, 4.69) is 4.99 Å². The van der Waals surface area contributed by atoms with Gasteiger partial charge in [-0.3, -0.25) is 0 Å². The Bertz CT molecular complexity index is 1150. The largest absolute Gasteiger partial charge is 0.476 e. The van der Waals surface area contributed by atoms with Crippen molar-refractivity contribution in [3.8, 4) is 6.07 Å². The van der Waals surface area contributed by atoms with Crippen LogP contribution in [0, 0.1) is 17.1 Å². The lowest BCUT2D eigenvalue weighted by Crippen LogP contribution is -2.44. The maximum absolute atomic E-state index is 13.2. The van der Waals surface area contributed by atoms with Crippen LogP contribution in [0.2, 0.25) is 0 Å². The second kappa shape index (κ2) is 9.26. The van der Waals surface area contributed by atoms with Gasteiger partial charge in [0.25, 0.3) is 0 Å². The molecule has 0 heterocycles. The molecule has 2 aromatic carbocycles. The molecule has 1 atom stereocenters. The SMILES string of the molecule is CC(C)OC(=Nc1ccc(C#N)c(C(F)(F)F)c1)C(C)(O)CS(=O)(=O)c1ccc(F)cc1. The van der Waals surface area contributed by atoms with Crippen molar-refractivity contribution in [2.75, 3.05) is 5.75 Å². The highest BCUT2D eigenvalue weighted by atomic mass is 32.2. The van der Waals surface area contributed by atoms with Gasteiger partial charge in [0.05, 0.1) is 39.6 Å². The van der Waals surface area contributed by atoms with Gasteiger partial charge in [-0.2, -0.15) is 18.4 Å². The molecule has 172 valence electrons. The van der Waals surface area contributed by atoms with Gasteiger partial charge >= 0.3 is 6.18 Å². The van der Waals surface area contributed by atoms with Gasteiger partial charge < -0.3 is 9.84 Å². The number of aliphatic imine (C=N–C) groups is 1. The first-order chi connectivity index (χ1) is 14.7. The van der Waals surface area contributed by atoms with Crippen LogP contribution in [0.4, 0.5) is 23.2 Å². The van der Waals surface area contributed by atoms with Gasteiger partial charge in [0.1, 0.15) is 5.82 Å². The number of nitriles is 1. The van der Waals surface area contributed by atoms with Crippen molar-refractivity contribution in [3.05, 3.63) is 59.4 Å². The number of nitrogens with zero attached hydrogens (tertiary/aromatic N) is 2. The number of ether oxygens (including phenoxy) is 1. The topological polar surface area (TPSA) is 99.8 Å². The normalized spacial score (nSPS) is 14.7. The Morgan fingerprint density at radius 3 is 2.28 bits per heavy atom. The summed E-state index contributed by atoms with van der Waals surface area (Å²) in [6, 6.07) is 8.01. The van der Waals surface area contributed by atoms with Crippen molar-refractivity contribution in [2.24, 2.45) is 4.99 Å². The summed E-state index contributed by atoms with van der Waals surface area (Å²) in [5.74, 6) is -2.11. The Morgan fingerprint density at radius 2 is 1.78 bits per heavy atom. The maximum atomic E-state index is 13.2. The summed E-state index contributed by atoms with van der Waals surface area (Å²) >= 11 is 0. The second-order valence-electron chi connectivity index (χ2n) is 7.41. The lowest BCUT2D eigenvalue weighted by atomic mass is 10.1. The lowest BCUT2D eigenvalue weighted by molar-refractivity contribution is -0.137. The smallest absolute Gasteiger partial charge is 0.417 e. The molecule has 11 heteroatoms. The van der Waals surface area contributed by atoms with Gasteiger partial charge in [-0.1, -0.05) is 0 Å². The third kappa shape index (κ3) is 6.27. The first-order valence-corrected chi connectivity index (χ1v) is 10.9. The Hall–Kier alpha value is -2.97. The van der Waals surface area contributed by atoms with Crippen LogP contribution in [0.1, 0.15) is 31.9 Å². The van der Waals surface area contributed by atoms with Gasteiger partial charge in [-0.15, -0.1) is 0 Å². The molecule has 0 aromatic heterocycles. The molecule has 0 radical (unpaired) electrons. The maximum Gasteiger partial charge on any atom is 0.417 e. The summed E-state index contributed by atoms with van der Waals surface area (Å²) in [6.07, 6.45) is -5.43. The molecule has 0 aliphatic rings. The summed E-state index contributed by atoms with van der Waals surface area (Å²) in [4.78, 5) is 3.66. The van der Waals surface area contributed by atoms with E-state index in [0.29, 0.717) is 6.07 Å². The van der Waals surface area contributed by atoms with Crippen LogP contribution in [-0.2, 0) is 20.8 Å². The van der Waals surface area contributed by atoms with E-state index in [-0.39, 0.29) is 10.6 Å². The van der Waals surface area contributed by atoms with Gasteiger partial charge in [0.2, 0.25) is 5.90 Å². The Kier molecular flexibility index (Phi) is 7.32. The quantitative estimate of drug-likeness (QED) is 0.291. The molecule has 0 saturated heterocycles. The highest BCUT2D eigenvalue weighted by Crippen LogP contribution is 2.34. The fourth-order valence-electron chi connectivity index (χ4n) is 2.71. The van der Waals surface area contributed by atoms with E-state index in [1.807, 2.05) is 0 Å². The summed E-state index contributed by atoms with van der Waals surface area (Å²) in [5, 5.41) is 19.8. The number of rotatable bonds is 6. The summed E-state index contributed by atoms with van der Waals surface area (Å²) in [6.45, 7) is 4.20. The molecule has 0 fully saturated rings. The second-order valence-corrected chi connectivity index (χ2v) is 9.40. The molecule has 6 nitrogen and oxygen atoms in total. The van der Waals surface area contributed by atoms with Crippen LogP contribution in [0.5, 0.6) is 0 Å². The van der Waals surface area contributed by atoms with Crippen LogP contribution < -0.4 is 0 Å². The molecular formula is C21H20F4N2O4S. The van der Waals surface area contributed by atoms with Crippen LogP contribution in [0.3, 0.4) is 0 Å². The van der Waals surface area contributed by atoms with Crippen LogP contribution >= 0.6 is 0 Å². The molecule has 0 spiro atoms. The minimum atomic E-state index is -4.83. The highest BCUT2D eigenvalue weighted by Gasteiger charge is 2.38. The van der Waals surface area contributed by atoms with E-state index in [0.717, 1.165) is 43.3 Å². The number of hydrogen-bond donors (Lipinski definition) is 1. The molecule has 1 unspecified atom stereocenters. The molecule has 0 amide bonds. The molecular weight excluding hydrogens is 452 g/mol. The van der Waals surface area contributed by atoms with Crippen molar-refractivity contribution in [1.29, 1.82) is 5.26 Å². The third-order valence-corrected chi connectivity index (χ3v) is 6.04. The molecule has 0 bridgehead atoms. The van der Waals surface area contributed by atoms with Crippen molar-refractivity contribution >= 4 is 21.4 Å². The van der Waals surface area contributed by atoms with Gasteiger partial charge in [0.15, 0.2) is 15.4 Å². The van der Waals surface area contributed by atoms with Crippen LogP contribution in [-0.4, -0.2) is 36.9 Å². The predicted molar refractivity (Wildman–Crippen MR) is 109 cm³/mol. The van der Waals surface area contributed by atoms with Gasteiger partial charge in [-0.25, -0.2) is 17.8 Å². The number of hydrogen-bond acceptors (Lipinski definition) is 6. The fourth-order valence-corrected chi connectivity index (χ4v) is 4.29. The fraction of sp³-hybridized carbons (Fsp3) is 0.333. The monoisotopic (exact) mass is 472 g/mol. The van der Waals surface area contributed by atoms with E-state index < -0.39 is 56.3 Å². The Balaban J connectivity index is 2.52. The molecule has 0 saturated carbocycles. The van der Waals surface area contributed by atoms with Crippen molar-refractivity contribution in [2.45, 2.75) is 43.5 Å². The predicted octanol–water partition coefficient (Wildman–Crippen LogP) is 4.40. The third-order valence-electron chi connectivity index (χ3n) is 4.11. The van der Waals surface area contributed by atoms with Crippen LogP contribution in [0.15, 0.2) is 52.4 Å². The van der Waals surface area contributed by atoms with Crippen molar-refractivity contribution < 1.29 is 35.8 Å². The van der Waals surface area contributed by atoms with Gasteiger partial charge in [0, 0.05) is 0 Å². The number of benzene rings is 2. The van der Waals surface area contributed by atoms with E-state index in [9.17, 15) is 31.1 Å². The lowest BCUT2D eigenvalue weighted by Gasteiger charge is -2.26. The summed E-state index contributed by atoms with van der Waals surface area (Å²) < 4.78 is 83.7. The van der Waals surface area contributed by atoms with Crippen molar-refractivity contribution in [1.82, 2.24) is 0 Å². The molecule has 0 aliphatic carbocycles. The summed E-state index contributed by atoms with van der Waals surface area (Å²) in [5.41, 5.74) is -4.40. The minimum Gasteiger partial charge on any atom is -0.476 e. The molecule has 0 aliphatic heterocycles. The average Bonchev–Trinajstić information content (AvgIpc) is 2.66. The standard InChI is InChI=1S/C21H20F4N2O4S/c1-13(2)31-19(27-16-7-4-14(11-26)18(10-16)21(23,24)25)20(3,28)12-32(29,30)17-8-5-15(22)6-9-17/h4-10,13,28H,12H2,1-3H3. The number of alkyl halides is 3. The zero-order chi connectivity index (χ0) is 24.3. The zero-order valence-electron chi connectivity index (χ0n) is 17.3. The molecule has 2 aromatic rings. The number of aliphatic hydroxyl groups is 1. The van der Waals surface area contributed by atoms with Gasteiger partial charge in [-0.05, 0) is 63.2 Å². The molecule has 32 heavy (non-hydrogen) atoms. The average molecular weight is 472 g/mol. The minimum absolute atomic E-state index is 0.263. The summed E-state index contributed by atoms with van der Waals surface area (Å²) in [7, 11) is -4.15. The zero-order valence-corrected chi connectivity index (χ0v) is 18.1.